The first kappa shape index (κ1) is 19.4. The maximum atomic E-state index is 12.9. The van der Waals surface area contributed by atoms with Crippen LogP contribution in [0.25, 0.3) is 5.76 Å². The maximum absolute atomic E-state index is 12.9. The van der Waals surface area contributed by atoms with Gasteiger partial charge >= 0.3 is 0 Å². The number of aliphatic hydroxyl groups is 1. The number of nitrogens with zero attached hydrogens (tertiary/aromatic N) is 1. The van der Waals surface area contributed by atoms with Gasteiger partial charge in [-0.1, -0.05) is 30.3 Å². The molecule has 0 radical (unpaired) electrons. The van der Waals surface area contributed by atoms with Crippen molar-refractivity contribution in [3.63, 3.8) is 0 Å². The standard InChI is InChI=1S/C22H24N2O5/c1-15-7-8-17(29-15)19-18(20(25)16-5-3-2-4-6-16)21(26)22(27)24(19)10-9-23-11-13-28-14-12-23/h2-8,19,25H,9-14H2,1H3/p+1/t19-/m1/s1. The van der Waals surface area contributed by atoms with E-state index < -0.39 is 17.7 Å². The first-order valence-corrected chi connectivity index (χ1v) is 9.87. The molecule has 0 spiro atoms. The van der Waals surface area contributed by atoms with E-state index in [9.17, 15) is 14.7 Å². The van der Waals surface area contributed by atoms with Gasteiger partial charge in [-0.25, -0.2) is 0 Å². The van der Waals surface area contributed by atoms with E-state index in [1.54, 1.807) is 36.4 Å². The van der Waals surface area contributed by atoms with E-state index in [0.717, 1.165) is 13.1 Å². The normalized spacial score (nSPS) is 22.4. The summed E-state index contributed by atoms with van der Waals surface area (Å²) in [6, 6.07) is 11.6. The molecular weight excluding hydrogens is 372 g/mol. The summed E-state index contributed by atoms with van der Waals surface area (Å²) >= 11 is 0. The summed E-state index contributed by atoms with van der Waals surface area (Å²) in [4.78, 5) is 28.6. The quantitative estimate of drug-likeness (QED) is 0.445. The van der Waals surface area contributed by atoms with E-state index in [4.69, 9.17) is 9.15 Å². The number of Topliss-reactive ketones (excluding diaryl/α,β-unsaturated/α-hetero) is 1. The molecule has 152 valence electrons. The zero-order chi connectivity index (χ0) is 20.4. The number of likely N-dealkylation sites (tertiary alicyclic amines) is 1. The van der Waals surface area contributed by atoms with Crippen LogP contribution in [-0.2, 0) is 14.3 Å². The molecule has 3 heterocycles. The molecule has 7 nitrogen and oxygen atoms in total. The number of carbonyl (C=O) groups is 2. The molecule has 7 heteroatoms. The Morgan fingerprint density at radius 3 is 2.52 bits per heavy atom. The van der Waals surface area contributed by atoms with Crippen LogP contribution in [0.3, 0.4) is 0 Å². The molecule has 2 N–H and O–H groups in total. The SMILES string of the molecule is Cc1ccc([C@@H]2C(=C(O)c3ccccc3)C(=O)C(=O)N2CC[NH+]2CCOCC2)o1. The lowest BCUT2D eigenvalue weighted by atomic mass is 9.99. The second kappa shape index (κ2) is 8.23. The third-order valence-corrected chi connectivity index (χ3v) is 5.52. The molecule has 1 amide bonds. The molecule has 2 saturated heterocycles. The number of quaternary nitrogens is 1. The zero-order valence-electron chi connectivity index (χ0n) is 16.4. The van der Waals surface area contributed by atoms with Gasteiger partial charge in [0.15, 0.2) is 0 Å². The van der Waals surface area contributed by atoms with E-state index in [1.807, 2.05) is 13.0 Å². The molecule has 0 unspecified atom stereocenters. The number of benzene rings is 1. The minimum absolute atomic E-state index is 0.0764. The molecule has 0 saturated carbocycles. The van der Waals surface area contributed by atoms with E-state index in [2.05, 4.69) is 0 Å². The molecule has 0 bridgehead atoms. The summed E-state index contributed by atoms with van der Waals surface area (Å²) in [5, 5.41) is 10.9. The van der Waals surface area contributed by atoms with Gasteiger partial charge in [-0.2, -0.15) is 0 Å². The monoisotopic (exact) mass is 397 g/mol. The van der Waals surface area contributed by atoms with Crippen molar-refractivity contribution in [2.75, 3.05) is 39.4 Å². The number of morpholine rings is 1. The number of hydrogen-bond donors (Lipinski definition) is 2. The average molecular weight is 397 g/mol. The summed E-state index contributed by atoms with van der Waals surface area (Å²) in [6.45, 7) is 6.06. The fraction of sp³-hybridized carbons (Fsp3) is 0.364. The highest BCUT2D eigenvalue weighted by atomic mass is 16.5. The number of rotatable bonds is 5. The number of nitrogens with one attached hydrogen (secondary N) is 1. The molecule has 1 aromatic heterocycles. The predicted octanol–water partition coefficient (Wildman–Crippen LogP) is 0.925. The minimum Gasteiger partial charge on any atom is -0.507 e. The van der Waals surface area contributed by atoms with Gasteiger partial charge in [0.1, 0.15) is 36.4 Å². The van der Waals surface area contributed by atoms with Crippen molar-refractivity contribution in [3.8, 4) is 0 Å². The topological polar surface area (TPSA) is 84.4 Å². The number of furan rings is 1. The van der Waals surface area contributed by atoms with Crippen LogP contribution >= 0.6 is 0 Å². The second-order valence-electron chi connectivity index (χ2n) is 7.42. The fourth-order valence-corrected chi connectivity index (χ4v) is 3.95. The minimum atomic E-state index is -0.732. The Kier molecular flexibility index (Phi) is 5.51. The Bertz CT molecular complexity index is 928. The van der Waals surface area contributed by atoms with Gasteiger partial charge in [-0.05, 0) is 19.1 Å². The summed E-state index contributed by atoms with van der Waals surface area (Å²) < 4.78 is 11.2. The number of aryl methyl sites for hydroxylation is 1. The van der Waals surface area contributed by atoms with Crippen molar-refractivity contribution < 1.29 is 28.7 Å². The summed E-state index contributed by atoms with van der Waals surface area (Å²) in [5.74, 6) is -0.291. The highest BCUT2D eigenvalue weighted by Crippen LogP contribution is 2.39. The smallest absolute Gasteiger partial charge is 0.295 e. The van der Waals surface area contributed by atoms with Crippen LogP contribution in [0.5, 0.6) is 0 Å². The third kappa shape index (κ3) is 3.83. The van der Waals surface area contributed by atoms with Crippen molar-refractivity contribution in [1.82, 2.24) is 4.90 Å². The Morgan fingerprint density at radius 2 is 1.86 bits per heavy atom. The molecule has 0 aliphatic carbocycles. The van der Waals surface area contributed by atoms with E-state index in [-0.39, 0.29) is 11.3 Å². The number of hydrogen-bond acceptors (Lipinski definition) is 5. The van der Waals surface area contributed by atoms with Crippen molar-refractivity contribution in [2.45, 2.75) is 13.0 Å². The summed E-state index contributed by atoms with van der Waals surface area (Å²) in [5.41, 5.74) is 0.574. The third-order valence-electron chi connectivity index (χ3n) is 5.52. The number of carbonyl (C=O) groups excluding carboxylic acids is 2. The van der Waals surface area contributed by atoms with Gasteiger partial charge in [0.05, 0.1) is 31.9 Å². The molecule has 4 rings (SSSR count). The van der Waals surface area contributed by atoms with Gasteiger partial charge in [-0.15, -0.1) is 0 Å². The number of amides is 1. The van der Waals surface area contributed by atoms with E-state index in [0.29, 0.717) is 43.4 Å². The van der Waals surface area contributed by atoms with Gasteiger partial charge in [-0.3, -0.25) is 9.59 Å². The predicted molar refractivity (Wildman–Crippen MR) is 105 cm³/mol. The van der Waals surface area contributed by atoms with Crippen LogP contribution in [0.15, 0.2) is 52.5 Å². The van der Waals surface area contributed by atoms with Crippen LogP contribution in [0.1, 0.15) is 23.1 Å². The average Bonchev–Trinajstić information content (AvgIpc) is 3.28. The molecule has 2 fully saturated rings. The lowest BCUT2D eigenvalue weighted by Gasteiger charge is -2.28. The molecule has 2 aromatic rings. The Labute approximate surface area is 169 Å². The van der Waals surface area contributed by atoms with Gasteiger partial charge in [0.2, 0.25) is 0 Å². The molecule has 29 heavy (non-hydrogen) atoms. The summed E-state index contributed by atoms with van der Waals surface area (Å²) in [7, 11) is 0. The van der Waals surface area contributed by atoms with Crippen molar-refractivity contribution in [3.05, 3.63) is 65.1 Å². The Morgan fingerprint density at radius 1 is 1.14 bits per heavy atom. The van der Waals surface area contributed by atoms with Crippen molar-refractivity contribution in [2.24, 2.45) is 0 Å². The fourth-order valence-electron chi connectivity index (χ4n) is 3.95. The number of ketones is 1. The van der Waals surface area contributed by atoms with Crippen LogP contribution in [0.4, 0.5) is 0 Å². The lowest BCUT2D eigenvalue weighted by Crippen LogP contribution is -3.14. The maximum Gasteiger partial charge on any atom is 0.295 e. The Hall–Kier alpha value is -2.90. The lowest BCUT2D eigenvalue weighted by molar-refractivity contribution is -0.907. The number of aliphatic hydroxyl groups excluding tert-OH is 1. The van der Waals surface area contributed by atoms with Crippen LogP contribution in [-0.4, -0.2) is 61.1 Å². The molecule has 2 aliphatic heterocycles. The molecule has 2 aliphatic rings. The van der Waals surface area contributed by atoms with Crippen LogP contribution in [0.2, 0.25) is 0 Å². The first-order chi connectivity index (χ1) is 14.1. The number of ether oxygens (including phenoxy) is 1. The highest BCUT2D eigenvalue weighted by molar-refractivity contribution is 6.46. The second-order valence-corrected chi connectivity index (χ2v) is 7.42. The van der Waals surface area contributed by atoms with Crippen LogP contribution in [0, 0.1) is 6.92 Å². The molecule has 1 aromatic carbocycles. The Balaban J connectivity index is 1.70. The summed E-state index contributed by atoms with van der Waals surface area (Å²) in [6.07, 6.45) is 0. The highest BCUT2D eigenvalue weighted by Gasteiger charge is 2.47. The first-order valence-electron chi connectivity index (χ1n) is 9.87. The van der Waals surface area contributed by atoms with E-state index in [1.165, 1.54) is 9.80 Å². The van der Waals surface area contributed by atoms with Gasteiger partial charge in [0.25, 0.3) is 11.7 Å². The van der Waals surface area contributed by atoms with Crippen molar-refractivity contribution in [1.29, 1.82) is 0 Å². The van der Waals surface area contributed by atoms with Crippen molar-refractivity contribution >= 4 is 17.4 Å². The largest absolute Gasteiger partial charge is 0.507 e. The molecular formula is C22H25N2O5+. The van der Waals surface area contributed by atoms with Gasteiger partial charge in [0, 0.05) is 5.56 Å². The molecule has 1 atom stereocenters. The zero-order valence-corrected chi connectivity index (χ0v) is 16.4. The van der Waals surface area contributed by atoms with Gasteiger partial charge < -0.3 is 24.1 Å². The van der Waals surface area contributed by atoms with Crippen LogP contribution < -0.4 is 4.90 Å². The van der Waals surface area contributed by atoms with E-state index >= 15 is 0 Å².